The molecule has 1 atom stereocenters. The quantitative estimate of drug-likeness (QED) is 0.861. The summed E-state index contributed by atoms with van der Waals surface area (Å²) in [6, 6.07) is 6.48. The molecule has 19 heavy (non-hydrogen) atoms. The largest absolute Gasteiger partial charge is 0.240 e. The average molecular weight is 279 g/mol. The van der Waals surface area contributed by atoms with E-state index < -0.39 is 10.0 Å². The Hall–Kier alpha value is -1.31. The molecule has 4 heteroatoms. The van der Waals surface area contributed by atoms with Crippen molar-refractivity contribution in [1.29, 1.82) is 0 Å². The minimum Gasteiger partial charge on any atom is -0.207 e. The Kier molecular flexibility index (Phi) is 4.78. The number of terminal acetylenes is 1. The van der Waals surface area contributed by atoms with Crippen LogP contribution in [-0.4, -0.2) is 14.5 Å². The van der Waals surface area contributed by atoms with E-state index in [1.165, 1.54) is 0 Å². The monoisotopic (exact) mass is 279 g/mol. The maximum Gasteiger partial charge on any atom is 0.240 e. The summed E-state index contributed by atoms with van der Waals surface area (Å²) in [5.41, 5.74) is 0.791. The maximum atomic E-state index is 12.3. The summed E-state index contributed by atoms with van der Waals surface area (Å²) in [7, 11) is -3.53. The summed E-state index contributed by atoms with van der Waals surface area (Å²) in [5.74, 6) is 2.53. The van der Waals surface area contributed by atoms with E-state index in [1.807, 2.05) is 27.7 Å². The molecule has 0 saturated heterocycles. The fraction of sp³-hybridized carbons (Fsp3) is 0.467. The summed E-state index contributed by atoms with van der Waals surface area (Å²) >= 11 is 0. The van der Waals surface area contributed by atoms with Crippen molar-refractivity contribution in [3.8, 4) is 12.3 Å². The summed E-state index contributed by atoms with van der Waals surface area (Å²) in [6.07, 6.45) is 5.69. The van der Waals surface area contributed by atoms with E-state index in [9.17, 15) is 8.42 Å². The molecule has 0 radical (unpaired) electrons. The van der Waals surface area contributed by atoms with Crippen molar-refractivity contribution in [3.63, 3.8) is 0 Å². The van der Waals surface area contributed by atoms with Crippen molar-refractivity contribution in [2.75, 3.05) is 0 Å². The summed E-state index contributed by atoms with van der Waals surface area (Å²) < 4.78 is 27.3. The molecule has 1 unspecified atom stereocenters. The van der Waals surface area contributed by atoms with Gasteiger partial charge in [-0.1, -0.05) is 38.5 Å². The smallest absolute Gasteiger partial charge is 0.207 e. The second-order valence-electron chi connectivity index (χ2n) is 5.76. The van der Waals surface area contributed by atoms with Gasteiger partial charge in [0.25, 0.3) is 0 Å². The minimum atomic E-state index is -3.53. The molecule has 3 nitrogen and oxygen atoms in total. The Balaban J connectivity index is 3.01. The first-order chi connectivity index (χ1) is 8.66. The molecule has 0 aliphatic carbocycles. The zero-order valence-electron chi connectivity index (χ0n) is 11.9. The lowest BCUT2D eigenvalue weighted by Crippen LogP contribution is -2.43. The number of nitrogens with one attached hydrogen (secondary N) is 1. The van der Waals surface area contributed by atoms with Gasteiger partial charge >= 0.3 is 0 Å². The van der Waals surface area contributed by atoms with Crippen LogP contribution in [0.4, 0.5) is 0 Å². The first-order valence-corrected chi connectivity index (χ1v) is 7.67. The molecular formula is C15H21NO2S. The molecule has 0 bridgehead atoms. The number of hydrogen-bond acceptors (Lipinski definition) is 2. The second-order valence-corrected chi connectivity index (χ2v) is 7.48. The zero-order valence-corrected chi connectivity index (χ0v) is 12.7. The topological polar surface area (TPSA) is 46.2 Å². The van der Waals surface area contributed by atoms with Crippen LogP contribution in [0.2, 0.25) is 0 Å². The van der Waals surface area contributed by atoms with Crippen LogP contribution in [0.5, 0.6) is 0 Å². The molecule has 0 amide bonds. The second kappa shape index (κ2) is 5.77. The van der Waals surface area contributed by atoms with Crippen LogP contribution in [0.15, 0.2) is 29.2 Å². The molecule has 0 spiro atoms. The van der Waals surface area contributed by atoms with Gasteiger partial charge in [-0.2, -0.15) is 0 Å². The molecule has 0 aliphatic heterocycles. The predicted molar refractivity (Wildman–Crippen MR) is 78.2 cm³/mol. The summed E-state index contributed by atoms with van der Waals surface area (Å²) in [4.78, 5) is 0.268. The Labute approximate surface area is 116 Å². The maximum absolute atomic E-state index is 12.3. The Morgan fingerprint density at radius 2 is 1.79 bits per heavy atom. The normalized spacial score (nSPS) is 13.8. The van der Waals surface area contributed by atoms with Crippen LogP contribution in [0.1, 0.15) is 32.8 Å². The van der Waals surface area contributed by atoms with Crippen molar-refractivity contribution in [2.45, 2.75) is 45.1 Å². The molecule has 0 aliphatic rings. The fourth-order valence-corrected chi connectivity index (χ4v) is 3.06. The van der Waals surface area contributed by atoms with Crippen molar-refractivity contribution >= 4 is 10.0 Å². The number of sulfonamides is 1. The number of aryl methyl sites for hydroxylation is 1. The van der Waals surface area contributed by atoms with Gasteiger partial charge in [0.05, 0.1) is 4.90 Å². The van der Waals surface area contributed by atoms with E-state index in [2.05, 4.69) is 10.6 Å². The molecular weight excluding hydrogens is 258 g/mol. The van der Waals surface area contributed by atoms with Gasteiger partial charge in [-0.25, -0.2) is 13.1 Å². The van der Waals surface area contributed by atoms with Gasteiger partial charge in [0.1, 0.15) is 0 Å². The molecule has 104 valence electrons. The van der Waals surface area contributed by atoms with Gasteiger partial charge in [0, 0.05) is 12.5 Å². The van der Waals surface area contributed by atoms with Gasteiger partial charge in [-0.05, 0) is 24.5 Å². The SMILES string of the molecule is C#CCC(NS(=O)(=O)c1ccc(C)cc1)C(C)(C)C. The fourth-order valence-electron chi connectivity index (χ4n) is 1.62. The van der Waals surface area contributed by atoms with Gasteiger partial charge in [-0.15, -0.1) is 12.3 Å². The standard InChI is InChI=1S/C15H21NO2S/c1-6-7-14(15(3,4)5)16-19(17,18)13-10-8-12(2)9-11-13/h1,8-11,14,16H,7H2,2-5H3. The number of hydrogen-bond donors (Lipinski definition) is 1. The van der Waals surface area contributed by atoms with E-state index in [0.29, 0.717) is 6.42 Å². The lowest BCUT2D eigenvalue weighted by atomic mass is 9.86. The Morgan fingerprint density at radius 1 is 1.26 bits per heavy atom. The minimum absolute atomic E-state index is 0.232. The summed E-state index contributed by atoms with van der Waals surface area (Å²) in [5, 5.41) is 0. The third kappa shape index (κ3) is 4.38. The van der Waals surface area contributed by atoms with E-state index in [4.69, 9.17) is 6.42 Å². The Morgan fingerprint density at radius 3 is 2.21 bits per heavy atom. The summed E-state index contributed by atoms with van der Waals surface area (Å²) in [6.45, 7) is 7.81. The molecule has 1 N–H and O–H groups in total. The first kappa shape index (κ1) is 15.7. The predicted octanol–water partition coefficient (Wildman–Crippen LogP) is 2.71. The highest BCUT2D eigenvalue weighted by atomic mass is 32.2. The van der Waals surface area contributed by atoms with Crippen LogP contribution in [0.3, 0.4) is 0 Å². The molecule has 1 rings (SSSR count). The molecule has 1 aromatic rings. The highest BCUT2D eigenvalue weighted by molar-refractivity contribution is 7.89. The van der Waals surface area contributed by atoms with Crippen LogP contribution in [0.25, 0.3) is 0 Å². The van der Waals surface area contributed by atoms with Gasteiger partial charge in [-0.3, -0.25) is 0 Å². The molecule has 0 heterocycles. The number of rotatable bonds is 4. The van der Waals surface area contributed by atoms with Gasteiger partial charge in [0.15, 0.2) is 0 Å². The van der Waals surface area contributed by atoms with Crippen LogP contribution < -0.4 is 4.72 Å². The van der Waals surface area contributed by atoms with Crippen molar-refractivity contribution in [3.05, 3.63) is 29.8 Å². The molecule has 1 aromatic carbocycles. The van der Waals surface area contributed by atoms with Gasteiger partial charge < -0.3 is 0 Å². The van der Waals surface area contributed by atoms with E-state index >= 15 is 0 Å². The number of benzene rings is 1. The Bertz CT molecular complexity index is 560. The van der Waals surface area contributed by atoms with Crippen molar-refractivity contribution in [1.82, 2.24) is 4.72 Å². The highest BCUT2D eigenvalue weighted by Gasteiger charge is 2.28. The lowest BCUT2D eigenvalue weighted by Gasteiger charge is -2.29. The van der Waals surface area contributed by atoms with E-state index in [-0.39, 0.29) is 16.4 Å². The third-order valence-corrected chi connectivity index (χ3v) is 4.48. The third-order valence-electron chi connectivity index (χ3n) is 3.00. The molecule has 0 saturated carbocycles. The van der Waals surface area contributed by atoms with Crippen LogP contribution in [0, 0.1) is 24.7 Å². The molecule has 0 fully saturated rings. The lowest BCUT2D eigenvalue weighted by molar-refractivity contribution is 0.303. The van der Waals surface area contributed by atoms with E-state index in [1.54, 1.807) is 24.3 Å². The van der Waals surface area contributed by atoms with E-state index in [0.717, 1.165) is 5.56 Å². The zero-order chi connectivity index (χ0) is 14.7. The average Bonchev–Trinajstić information content (AvgIpc) is 2.27. The highest BCUT2D eigenvalue weighted by Crippen LogP contribution is 2.23. The van der Waals surface area contributed by atoms with Crippen molar-refractivity contribution < 1.29 is 8.42 Å². The first-order valence-electron chi connectivity index (χ1n) is 6.19. The van der Waals surface area contributed by atoms with Crippen LogP contribution in [-0.2, 0) is 10.0 Å². The molecule has 0 aromatic heterocycles. The van der Waals surface area contributed by atoms with Crippen LogP contribution >= 0.6 is 0 Å². The van der Waals surface area contributed by atoms with Gasteiger partial charge in [0.2, 0.25) is 10.0 Å². The van der Waals surface area contributed by atoms with Crippen molar-refractivity contribution in [2.24, 2.45) is 5.41 Å².